The summed E-state index contributed by atoms with van der Waals surface area (Å²) in [5.74, 6) is 0.0695. The van der Waals surface area contributed by atoms with Crippen LogP contribution in [0.1, 0.15) is 45.1 Å². The second-order valence-electron chi connectivity index (χ2n) is 5.97. The summed E-state index contributed by atoms with van der Waals surface area (Å²) in [7, 11) is 0. The molecule has 0 heterocycles. The molecule has 1 aromatic rings. The van der Waals surface area contributed by atoms with Crippen molar-refractivity contribution in [2.45, 2.75) is 57.1 Å². The van der Waals surface area contributed by atoms with E-state index in [4.69, 9.17) is 0 Å². The van der Waals surface area contributed by atoms with Gasteiger partial charge in [0.25, 0.3) is 0 Å². The van der Waals surface area contributed by atoms with E-state index in [0.29, 0.717) is 0 Å². The third-order valence-corrected chi connectivity index (χ3v) is 4.10. The van der Waals surface area contributed by atoms with Crippen LogP contribution in [0.3, 0.4) is 0 Å². The standard InChI is InChI=1S/C16H23NO2/c1-16(2,12-6-4-3-5-7-12)15(19)17-13-8-10-14(18)11-9-13/h3-7,13-14,18H,8-11H2,1-2H3,(H,17,19). The van der Waals surface area contributed by atoms with Crippen LogP contribution >= 0.6 is 0 Å². The molecule has 1 amide bonds. The number of aliphatic hydroxyl groups excluding tert-OH is 1. The summed E-state index contributed by atoms with van der Waals surface area (Å²) in [5, 5.41) is 12.6. The molecule has 1 aliphatic rings. The van der Waals surface area contributed by atoms with Crippen molar-refractivity contribution in [2.24, 2.45) is 0 Å². The van der Waals surface area contributed by atoms with Gasteiger partial charge in [-0.15, -0.1) is 0 Å². The Morgan fingerprint density at radius 2 is 1.74 bits per heavy atom. The van der Waals surface area contributed by atoms with Gasteiger partial charge >= 0.3 is 0 Å². The number of hydrogen-bond acceptors (Lipinski definition) is 2. The molecule has 104 valence electrons. The first-order chi connectivity index (χ1) is 9.00. The highest BCUT2D eigenvalue weighted by Gasteiger charge is 2.31. The maximum atomic E-state index is 12.4. The first-order valence-corrected chi connectivity index (χ1v) is 7.04. The lowest BCUT2D eigenvalue weighted by Gasteiger charge is -2.31. The SMILES string of the molecule is CC(C)(C(=O)NC1CCC(O)CC1)c1ccccc1. The molecule has 2 rings (SSSR count). The third-order valence-electron chi connectivity index (χ3n) is 4.10. The highest BCUT2D eigenvalue weighted by Crippen LogP contribution is 2.25. The molecule has 0 saturated heterocycles. The van der Waals surface area contributed by atoms with Crippen molar-refractivity contribution in [1.29, 1.82) is 0 Å². The van der Waals surface area contributed by atoms with Crippen LogP contribution in [0.25, 0.3) is 0 Å². The molecular weight excluding hydrogens is 238 g/mol. The van der Waals surface area contributed by atoms with E-state index in [-0.39, 0.29) is 18.1 Å². The Balaban J connectivity index is 1.99. The quantitative estimate of drug-likeness (QED) is 0.877. The van der Waals surface area contributed by atoms with E-state index in [9.17, 15) is 9.90 Å². The molecule has 1 saturated carbocycles. The topological polar surface area (TPSA) is 49.3 Å². The lowest BCUT2D eigenvalue weighted by molar-refractivity contribution is -0.126. The summed E-state index contributed by atoms with van der Waals surface area (Å²) in [5.41, 5.74) is 0.514. The number of nitrogens with one attached hydrogen (secondary N) is 1. The lowest BCUT2D eigenvalue weighted by Crippen LogP contribution is -2.46. The number of benzene rings is 1. The highest BCUT2D eigenvalue weighted by molar-refractivity contribution is 5.87. The van der Waals surface area contributed by atoms with Crippen LogP contribution in [-0.4, -0.2) is 23.2 Å². The Bertz CT molecular complexity index is 420. The lowest BCUT2D eigenvalue weighted by atomic mass is 9.83. The van der Waals surface area contributed by atoms with Gasteiger partial charge < -0.3 is 10.4 Å². The molecule has 0 radical (unpaired) electrons. The van der Waals surface area contributed by atoms with E-state index in [1.54, 1.807) is 0 Å². The van der Waals surface area contributed by atoms with Crippen LogP contribution in [0.15, 0.2) is 30.3 Å². The second kappa shape index (κ2) is 5.74. The molecule has 3 heteroatoms. The number of amides is 1. The zero-order valence-electron chi connectivity index (χ0n) is 11.7. The maximum Gasteiger partial charge on any atom is 0.230 e. The van der Waals surface area contributed by atoms with Gasteiger partial charge in [-0.25, -0.2) is 0 Å². The van der Waals surface area contributed by atoms with Crippen molar-refractivity contribution >= 4 is 5.91 Å². The Hall–Kier alpha value is -1.35. The van der Waals surface area contributed by atoms with E-state index in [0.717, 1.165) is 31.2 Å². The van der Waals surface area contributed by atoms with Gasteiger partial charge in [0.05, 0.1) is 11.5 Å². The monoisotopic (exact) mass is 261 g/mol. The smallest absolute Gasteiger partial charge is 0.230 e. The molecular formula is C16H23NO2. The van der Waals surface area contributed by atoms with Gasteiger partial charge in [-0.2, -0.15) is 0 Å². The minimum atomic E-state index is -0.517. The van der Waals surface area contributed by atoms with E-state index in [1.807, 2.05) is 44.2 Å². The fourth-order valence-corrected chi connectivity index (χ4v) is 2.57. The third kappa shape index (κ3) is 3.35. The fourth-order valence-electron chi connectivity index (χ4n) is 2.57. The first kappa shape index (κ1) is 14.1. The summed E-state index contributed by atoms with van der Waals surface area (Å²) in [6.45, 7) is 3.91. The number of carbonyl (C=O) groups excluding carboxylic acids is 1. The first-order valence-electron chi connectivity index (χ1n) is 7.04. The Labute approximate surface area is 115 Å². The average Bonchev–Trinajstić information content (AvgIpc) is 2.42. The Morgan fingerprint density at radius 3 is 2.32 bits per heavy atom. The summed E-state index contributed by atoms with van der Waals surface area (Å²) in [4.78, 5) is 12.4. The summed E-state index contributed by atoms with van der Waals surface area (Å²) in [6, 6.07) is 10.1. The average molecular weight is 261 g/mol. The number of hydrogen-bond donors (Lipinski definition) is 2. The van der Waals surface area contributed by atoms with Crippen molar-refractivity contribution in [1.82, 2.24) is 5.32 Å². The van der Waals surface area contributed by atoms with E-state index >= 15 is 0 Å². The van der Waals surface area contributed by atoms with Gasteiger partial charge in [-0.1, -0.05) is 30.3 Å². The van der Waals surface area contributed by atoms with Crippen molar-refractivity contribution < 1.29 is 9.90 Å². The molecule has 19 heavy (non-hydrogen) atoms. The zero-order chi connectivity index (χ0) is 13.9. The molecule has 1 fully saturated rings. The van der Waals surface area contributed by atoms with Gasteiger partial charge in [-0.05, 0) is 45.1 Å². The van der Waals surface area contributed by atoms with E-state index in [2.05, 4.69) is 5.32 Å². The Kier molecular flexibility index (Phi) is 4.25. The number of carbonyl (C=O) groups is 1. The summed E-state index contributed by atoms with van der Waals surface area (Å²) < 4.78 is 0. The van der Waals surface area contributed by atoms with Crippen LogP contribution in [0.4, 0.5) is 0 Å². The Morgan fingerprint density at radius 1 is 1.16 bits per heavy atom. The molecule has 0 spiro atoms. The minimum Gasteiger partial charge on any atom is -0.393 e. The maximum absolute atomic E-state index is 12.4. The molecule has 0 atom stereocenters. The summed E-state index contributed by atoms with van der Waals surface area (Å²) >= 11 is 0. The van der Waals surface area contributed by atoms with E-state index in [1.165, 1.54) is 0 Å². The van der Waals surface area contributed by atoms with Crippen LogP contribution in [0.5, 0.6) is 0 Å². The molecule has 2 N–H and O–H groups in total. The van der Waals surface area contributed by atoms with Gasteiger partial charge in [0.2, 0.25) is 5.91 Å². The molecule has 0 unspecified atom stereocenters. The minimum absolute atomic E-state index is 0.0695. The predicted octanol–water partition coefficient (Wildman–Crippen LogP) is 2.38. The van der Waals surface area contributed by atoms with Crippen LogP contribution in [-0.2, 0) is 10.2 Å². The fraction of sp³-hybridized carbons (Fsp3) is 0.562. The zero-order valence-corrected chi connectivity index (χ0v) is 11.7. The molecule has 3 nitrogen and oxygen atoms in total. The molecule has 0 bridgehead atoms. The van der Waals surface area contributed by atoms with Gasteiger partial charge in [-0.3, -0.25) is 4.79 Å². The van der Waals surface area contributed by atoms with Gasteiger partial charge in [0.15, 0.2) is 0 Å². The van der Waals surface area contributed by atoms with Gasteiger partial charge in [0.1, 0.15) is 0 Å². The van der Waals surface area contributed by atoms with Crippen LogP contribution in [0.2, 0.25) is 0 Å². The normalized spacial score (nSPS) is 23.9. The van der Waals surface area contributed by atoms with Crippen molar-refractivity contribution in [3.63, 3.8) is 0 Å². The molecule has 0 aromatic heterocycles. The summed E-state index contributed by atoms with van der Waals surface area (Å²) in [6.07, 6.45) is 3.14. The van der Waals surface area contributed by atoms with Crippen molar-refractivity contribution in [2.75, 3.05) is 0 Å². The largest absolute Gasteiger partial charge is 0.393 e. The van der Waals surface area contributed by atoms with Gasteiger partial charge in [0, 0.05) is 6.04 Å². The van der Waals surface area contributed by atoms with Crippen LogP contribution < -0.4 is 5.32 Å². The predicted molar refractivity (Wildman–Crippen MR) is 75.9 cm³/mol. The van der Waals surface area contributed by atoms with E-state index < -0.39 is 5.41 Å². The highest BCUT2D eigenvalue weighted by atomic mass is 16.3. The van der Waals surface area contributed by atoms with Crippen LogP contribution in [0, 0.1) is 0 Å². The van der Waals surface area contributed by atoms with Crippen molar-refractivity contribution in [3.8, 4) is 0 Å². The van der Waals surface area contributed by atoms with Crippen molar-refractivity contribution in [3.05, 3.63) is 35.9 Å². The number of aliphatic hydroxyl groups is 1. The number of rotatable bonds is 3. The second-order valence-corrected chi connectivity index (χ2v) is 5.97. The molecule has 1 aromatic carbocycles. The molecule has 1 aliphatic carbocycles. The molecule has 0 aliphatic heterocycles.